The molecular weight excluding hydrogens is 322 g/mol. The van der Waals surface area contributed by atoms with Gasteiger partial charge in [0.2, 0.25) is 5.91 Å². The van der Waals surface area contributed by atoms with E-state index in [0.717, 1.165) is 11.1 Å². The molecule has 0 aliphatic carbocycles. The second-order valence-corrected chi connectivity index (χ2v) is 5.81. The third-order valence-electron chi connectivity index (χ3n) is 3.66. The predicted octanol–water partition coefficient (Wildman–Crippen LogP) is 2.60. The smallest absolute Gasteiger partial charge is 0.307 e. The van der Waals surface area contributed by atoms with Gasteiger partial charge in [-0.25, -0.2) is 0 Å². The van der Waals surface area contributed by atoms with Gasteiger partial charge >= 0.3 is 5.97 Å². The Kier molecular flexibility index (Phi) is 8.53. The van der Waals surface area contributed by atoms with Crippen molar-refractivity contribution in [3.63, 3.8) is 0 Å². The van der Waals surface area contributed by atoms with Gasteiger partial charge in [0.25, 0.3) is 0 Å². The number of benzene rings is 1. The summed E-state index contributed by atoms with van der Waals surface area (Å²) >= 11 is 0. The fraction of sp³-hybridized carbons (Fsp3) is 0.474. The summed E-state index contributed by atoms with van der Waals surface area (Å²) in [5.74, 6) is 0.872. The largest absolute Gasteiger partial charge is 0.493 e. The van der Waals surface area contributed by atoms with Crippen LogP contribution in [0.15, 0.2) is 29.8 Å². The molecule has 25 heavy (non-hydrogen) atoms. The second kappa shape index (κ2) is 10.4. The summed E-state index contributed by atoms with van der Waals surface area (Å²) < 4.78 is 15.2. The number of allylic oxidation sites excluding steroid dienone is 1. The standard InChI is InChI=1S/C19H27NO5/c1-14(2)12-18(21)20(11-9-19(22)25-5)10-8-15-6-7-16(23-3)17(13-15)24-4/h6-7,12-13H,8-11H2,1-5H3. The van der Waals surface area contributed by atoms with Crippen LogP contribution in [0.1, 0.15) is 25.8 Å². The van der Waals surface area contributed by atoms with Gasteiger partial charge in [-0.1, -0.05) is 11.6 Å². The molecular formula is C19H27NO5. The maximum atomic E-state index is 12.4. The Bertz CT molecular complexity index is 620. The van der Waals surface area contributed by atoms with Gasteiger partial charge < -0.3 is 19.1 Å². The lowest BCUT2D eigenvalue weighted by Crippen LogP contribution is -2.34. The minimum Gasteiger partial charge on any atom is -0.493 e. The van der Waals surface area contributed by atoms with Crippen LogP contribution >= 0.6 is 0 Å². The first kappa shape index (κ1) is 20.5. The molecule has 0 saturated heterocycles. The summed E-state index contributed by atoms with van der Waals surface area (Å²) in [7, 11) is 4.51. The van der Waals surface area contributed by atoms with Gasteiger partial charge in [0.15, 0.2) is 11.5 Å². The van der Waals surface area contributed by atoms with Gasteiger partial charge in [0, 0.05) is 19.2 Å². The third kappa shape index (κ3) is 6.87. The molecule has 0 saturated carbocycles. The number of carbonyl (C=O) groups excluding carboxylic acids is 2. The number of nitrogens with zero attached hydrogens (tertiary/aromatic N) is 1. The molecule has 0 atom stereocenters. The molecule has 0 fully saturated rings. The van der Waals surface area contributed by atoms with Gasteiger partial charge in [-0.05, 0) is 38.0 Å². The molecule has 0 aromatic heterocycles. The van der Waals surface area contributed by atoms with Crippen LogP contribution in [-0.2, 0) is 20.7 Å². The number of ether oxygens (including phenoxy) is 3. The van der Waals surface area contributed by atoms with E-state index in [-0.39, 0.29) is 18.3 Å². The molecule has 6 heteroatoms. The van der Waals surface area contributed by atoms with Crippen molar-refractivity contribution in [1.29, 1.82) is 0 Å². The normalized spacial score (nSPS) is 9.96. The van der Waals surface area contributed by atoms with E-state index in [2.05, 4.69) is 4.74 Å². The molecule has 0 bridgehead atoms. The Balaban J connectivity index is 2.81. The van der Waals surface area contributed by atoms with Gasteiger partial charge in [-0.15, -0.1) is 0 Å². The van der Waals surface area contributed by atoms with Crippen LogP contribution in [-0.4, -0.2) is 51.2 Å². The molecule has 0 spiro atoms. The van der Waals surface area contributed by atoms with Crippen molar-refractivity contribution in [1.82, 2.24) is 4.90 Å². The summed E-state index contributed by atoms with van der Waals surface area (Å²) in [5.41, 5.74) is 1.94. The van der Waals surface area contributed by atoms with Crippen molar-refractivity contribution in [2.24, 2.45) is 0 Å². The monoisotopic (exact) mass is 349 g/mol. The Labute approximate surface area is 149 Å². The van der Waals surface area contributed by atoms with E-state index in [1.807, 2.05) is 32.0 Å². The van der Waals surface area contributed by atoms with E-state index in [4.69, 9.17) is 9.47 Å². The fourth-order valence-electron chi connectivity index (χ4n) is 2.30. The molecule has 0 N–H and O–H groups in total. The fourth-order valence-corrected chi connectivity index (χ4v) is 2.30. The lowest BCUT2D eigenvalue weighted by atomic mass is 10.1. The number of hydrogen-bond donors (Lipinski definition) is 0. The average Bonchev–Trinajstić information content (AvgIpc) is 2.60. The molecule has 1 rings (SSSR count). The van der Waals surface area contributed by atoms with Gasteiger partial charge in [-0.2, -0.15) is 0 Å². The van der Waals surface area contributed by atoms with E-state index < -0.39 is 0 Å². The van der Waals surface area contributed by atoms with E-state index in [1.54, 1.807) is 25.2 Å². The number of carbonyl (C=O) groups is 2. The Morgan fingerprint density at radius 2 is 1.72 bits per heavy atom. The molecule has 6 nitrogen and oxygen atoms in total. The molecule has 0 unspecified atom stereocenters. The van der Waals surface area contributed by atoms with Crippen LogP contribution in [0.3, 0.4) is 0 Å². The number of esters is 1. The first-order chi connectivity index (χ1) is 11.9. The highest BCUT2D eigenvalue weighted by Crippen LogP contribution is 2.27. The van der Waals surface area contributed by atoms with Crippen molar-refractivity contribution in [3.8, 4) is 11.5 Å². The highest BCUT2D eigenvalue weighted by Gasteiger charge is 2.14. The van der Waals surface area contributed by atoms with Crippen molar-refractivity contribution >= 4 is 11.9 Å². The van der Waals surface area contributed by atoms with Crippen molar-refractivity contribution < 1.29 is 23.8 Å². The molecule has 1 amide bonds. The number of rotatable bonds is 9. The minimum absolute atomic E-state index is 0.107. The van der Waals surface area contributed by atoms with E-state index in [1.165, 1.54) is 7.11 Å². The second-order valence-electron chi connectivity index (χ2n) is 5.81. The molecule has 0 heterocycles. The highest BCUT2D eigenvalue weighted by molar-refractivity contribution is 5.88. The number of amides is 1. The SMILES string of the molecule is COC(=O)CCN(CCc1ccc(OC)c(OC)c1)C(=O)C=C(C)C. The third-order valence-corrected chi connectivity index (χ3v) is 3.66. The molecule has 0 radical (unpaired) electrons. The van der Waals surface area contributed by atoms with Crippen molar-refractivity contribution in [3.05, 3.63) is 35.4 Å². The van der Waals surface area contributed by atoms with Gasteiger partial charge in [0.05, 0.1) is 27.8 Å². The molecule has 0 aliphatic rings. The Hall–Kier alpha value is -2.50. The Morgan fingerprint density at radius 1 is 1.04 bits per heavy atom. The molecule has 138 valence electrons. The van der Waals surface area contributed by atoms with Crippen LogP contribution in [0.2, 0.25) is 0 Å². The maximum absolute atomic E-state index is 12.4. The average molecular weight is 349 g/mol. The highest BCUT2D eigenvalue weighted by atomic mass is 16.5. The zero-order valence-electron chi connectivity index (χ0n) is 15.6. The van der Waals surface area contributed by atoms with Gasteiger partial charge in [-0.3, -0.25) is 9.59 Å². The summed E-state index contributed by atoms with van der Waals surface area (Å²) in [6, 6.07) is 5.67. The van der Waals surface area contributed by atoms with E-state index in [0.29, 0.717) is 31.0 Å². The van der Waals surface area contributed by atoms with E-state index >= 15 is 0 Å². The van der Waals surface area contributed by atoms with Crippen molar-refractivity contribution in [2.75, 3.05) is 34.4 Å². The zero-order chi connectivity index (χ0) is 18.8. The zero-order valence-corrected chi connectivity index (χ0v) is 15.6. The predicted molar refractivity (Wildman–Crippen MR) is 95.9 cm³/mol. The maximum Gasteiger partial charge on any atom is 0.307 e. The van der Waals surface area contributed by atoms with Gasteiger partial charge in [0.1, 0.15) is 0 Å². The van der Waals surface area contributed by atoms with Crippen LogP contribution in [0.4, 0.5) is 0 Å². The summed E-state index contributed by atoms with van der Waals surface area (Å²) in [5, 5.41) is 0. The molecule has 1 aromatic carbocycles. The van der Waals surface area contributed by atoms with Crippen LogP contribution in [0, 0.1) is 0 Å². The minimum atomic E-state index is -0.332. The van der Waals surface area contributed by atoms with Crippen LogP contribution in [0.5, 0.6) is 11.5 Å². The molecule has 0 aliphatic heterocycles. The number of methoxy groups -OCH3 is 3. The van der Waals surface area contributed by atoms with Crippen LogP contribution in [0.25, 0.3) is 0 Å². The topological polar surface area (TPSA) is 65.1 Å². The number of hydrogen-bond acceptors (Lipinski definition) is 5. The van der Waals surface area contributed by atoms with Crippen molar-refractivity contribution in [2.45, 2.75) is 26.7 Å². The summed E-state index contributed by atoms with van der Waals surface area (Å²) in [4.78, 5) is 25.4. The lowest BCUT2D eigenvalue weighted by Gasteiger charge is -2.21. The van der Waals surface area contributed by atoms with Crippen LogP contribution < -0.4 is 9.47 Å². The first-order valence-electron chi connectivity index (χ1n) is 8.12. The first-order valence-corrected chi connectivity index (χ1v) is 8.12. The summed E-state index contributed by atoms with van der Waals surface area (Å²) in [6.45, 7) is 4.55. The lowest BCUT2D eigenvalue weighted by molar-refractivity contribution is -0.141. The van der Waals surface area contributed by atoms with E-state index in [9.17, 15) is 9.59 Å². The Morgan fingerprint density at radius 3 is 2.28 bits per heavy atom. The quantitative estimate of drug-likeness (QED) is 0.506. The summed E-state index contributed by atoms with van der Waals surface area (Å²) in [6.07, 6.45) is 2.39. The molecule has 1 aromatic rings.